The van der Waals surface area contributed by atoms with Gasteiger partial charge >= 0.3 is 5.97 Å². The number of pyridine rings is 1. The summed E-state index contributed by atoms with van der Waals surface area (Å²) in [5.41, 5.74) is 1.52. The standard InChI is InChI=1S/C11H15NO3/c1-4-15-11(13)10(14-3)9-6-5-7-12-8(9)2/h5-7,10H,4H2,1-3H3. The predicted molar refractivity (Wildman–Crippen MR) is 55.4 cm³/mol. The molecule has 82 valence electrons. The number of rotatable bonds is 4. The third-order valence-electron chi connectivity index (χ3n) is 2.07. The molecule has 0 aliphatic rings. The lowest BCUT2D eigenvalue weighted by Gasteiger charge is -2.15. The monoisotopic (exact) mass is 209 g/mol. The van der Waals surface area contributed by atoms with E-state index in [4.69, 9.17) is 9.47 Å². The lowest BCUT2D eigenvalue weighted by atomic mass is 10.1. The number of carbonyl (C=O) groups excluding carboxylic acids is 1. The third-order valence-corrected chi connectivity index (χ3v) is 2.07. The molecule has 0 spiro atoms. The van der Waals surface area contributed by atoms with Gasteiger partial charge < -0.3 is 9.47 Å². The largest absolute Gasteiger partial charge is 0.464 e. The summed E-state index contributed by atoms with van der Waals surface area (Å²) in [6.07, 6.45) is 0.995. The zero-order valence-corrected chi connectivity index (χ0v) is 9.19. The van der Waals surface area contributed by atoms with Gasteiger partial charge in [-0.25, -0.2) is 4.79 Å². The molecule has 0 bridgehead atoms. The molecule has 1 heterocycles. The lowest BCUT2D eigenvalue weighted by Crippen LogP contribution is -2.18. The number of ether oxygens (including phenoxy) is 2. The average molecular weight is 209 g/mol. The molecule has 0 aliphatic heterocycles. The summed E-state index contributed by atoms with van der Waals surface area (Å²) in [5.74, 6) is -0.379. The van der Waals surface area contributed by atoms with Crippen molar-refractivity contribution in [3.63, 3.8) is 0 Å². The molecule has 0 radical (unpaired) electrons. The zero-order chi connectivity index (χ0) is 11.3. The van der Waals surface area contributed by atoms with Crippen LogP contribution in [0, 0.1) is 6.92 Å². The Morgan fingerprint density at radius 1 is 1.60 bits per heavy atom. The summed E-state index contributed by atoms with van der Waals surface area (Å²) in [5, 5.41) is 0. The van der Waals surface area contributed by atoms with Crippen molar-refractivity contribution in [2.24, 2.45) is 0 Å². The molecule has 0 N–H and O–H groups in total. The molecule has 0 fully saturated rings. The zero-order valence-electron chi connectivity index (χ0n) is 9.19. The Hall–Kier alpha value is -1.42. The van der Waals surface area contributed by atoms with Gasteiger partial charge in [-0.1, -0.05) is 6.07 Å². The summed E-state index contributed by atoms with van der Waals surface area (Å²) in [6.45, 7) is 3.94. The molecular formula is C11H15NO3. The number of aryl methyl sites for hydroxylation is 1. The van der Waals surface area contributed by atoms with Gasteiger partial charge in [0.05, 0.1) is 6.61 Å². The second-order valence-electron chi connectivity index (χ2n) is 3.05. The van der Waals surface area contributed by atoms with Crippen LogP contribution < -0.4 is 0 Å². The van der Waals surface area contributed by atoms with Crippen LogP contribution in [0.2, 0.25) is 0 Å². The number of hydrogen-bond acceptors (Lipinski definition) is 4. The first-order valence-electron chi connectivity index (χ1n) is 4.81. The van der Waals surface area contributed by atoms with Crippen LogP contribution in [-0.2, 0) is 14.3 Å². The van der Waals surface area contributed by atoms with Crippen LogP contribution in [0.5, 0.6) is 0 Å². The van der Waals surface area contributed by atoms with E-state index in [9.17, 15) is 4.79 Å². The quantitative estimate of drug-likeness (QED) is 0.707. The van der Waals surface area contributed by atoms with Crippen LogP contribution in [0.1, 0.15) is 24.3 Å². The van der Waals surface area contributed by atoms with E-state index >= 15 is 0 Å². The molecule has 0 aliphatic carbocycles. The minimum Gasteiger partial charge on any atom is -0.464 e. The fraction of sp³-hybridized carbons (Fsp3) is 0.455. The van der Waals surface area contributed by atoms with Crippen LogP contribution in [0.25, 0.3) is 0 Å². The Labute approximate surface area is 89.2 Å². The van der Waals surface area contributed by atoms with Crippen LogP contribution in [-0.4, -0.2) is 24.7 Å². The fourth-order valence-electron chi connectivity index (χ4n) is 1.34. The Kier molecular flexibility index (Phi) is 4.24. The van der Waals surface area contributed by atoms with Crippen molar-refractivity contribution in [3.05, 3.63) is 29.6 Å². The van der Waals surface area contributed by atoms with Gasteiger partial charge in [0.15, 0.2) is 6.10 Å². The van der Waals surface area contributed by atoms with E-state index in [0.717, 1.165) is 11.3 Å². The molecule has 1 rings (SSSR count). The molecule has 1 aromatic heterocycles. The van der Waals surface area contributed by atoms with Crippen LogP contribution in [0.4, 0.5) is 0 Å². The molecule has 4 nitrogen and oxygen atoms in total. The predicted octanol–water partition coefficient (Wildman–Crippen LogP) is 1.64. The van der Waals surface area contributed by atoms with Crippen molar-refractivity contribution in [2.75, 3.05) is 13.7 Å². The van der Waals surface area contributed by atoms with E-state index in [1.54, 1.807) is 19.2 Å². The van der Waals surface area contributed by atoms with E-state index in [1.807, 2.05) is 13.0 Å². The van der Waals surface area contributed by atoms with Gasteiger partial charge in [0.25, 0.3) is 0 Å². The van der Waals surface area contributed by atoms with Gasteiger partial charge in [-0.05, 0) is 19.9 Å². The summed E-state index contributed by atoms with van der Waals surface area (Å²) in [6, 6.07) is 3.58. The van der Waals surface area contributed by atoms with Gasteiger partial charge in [0, 0.05) is 24.6 Å². The normalized spacial score (nSPS) is 12.2. The fourth-order valence-corrected chi connectivity index (χ4v) is 1.34. The topological polar surface area (TPSA) is 48.4 Å². The minimum absolute atomic E-state index is 0.345. The van der Waals surface area contributed by atoms with Gasteiger partial charge in [-0.3, -0.25) is 4.98 Å². The Morgan fingerprint density at radius 3 is 2.87 bits per heavy atom. The van der Waals surface area contributed by atoms with Gasteiger partial charge in [0.1, 0.15) is 0 Å². The average Bonchev–Trinajstić information content (AvgIpc) is 2.22. The van der Waals surface area contributed by atoms with Crippen molar-refractivity contribution in [2.45, 2.75) is 20.0 Å². The van der Waals surface area contributed by atoms with Crippen LogP contribution in [0.15, 0.2) is 18.3 Å². The lowest BCUT2D eigenvalue weighted by molar-refractivity contribution is -0.155. The number of aromatic nitrogens is 1. The maximum atomic E-state index is 11.6. The Morgan fingerprint density at radius 2 is 2.33 bits per heavy atom. The summed E-state index contributed by atoms with van der Waals surface area (Å²) in [7, 11) is 1.48. The van der Waals surface area contributed by atoms with Crippen LogP contribution >= 0.6 is 0 Å². The van der Waals surface area contributed by atoms with Gasteiger partial charge in [0.2, 0.25) is 0 Å². The van der Waals surface area contributed by atoms with Gasteiger partial charge in [-0.2, -0.15) is 0 Å². The van der Waals surface area contributed by atoms with Crippen molar-refractivity contribution in [3.8, 4) is 0 Å². The molecule has 1 unspecified atom stereocenters. The summed E-state index contributed by atoms with van der Waals surface area (Å²) in [4.78, 5) is 15.7. The number of carbonyl (C=O) groups is 1. The van der Waals surface area contributed by atoms with Gasteiger partial charge in [-0.15, -0.1) is 0 Å². The molecule has 0 saturated carbocycles. The molecule has 1 atom stereocenters. The maximum Gasteiger partial charge on any atom is 0.339 e. The highest BCUT2D eigenvalue weighted by Gasteiger charge is 2.23. The summed E-state index contributed by atoms with van der Waals surface area (Å²) < 4.78 is 10.0. The van der Waals surface area contributed by atoms with Crippen molar-refractivity contribution in [1.82, 2.24) is 4.98 Å². The van der Waals surface area contributed by atoms with E-state index in [2.05, 4.69) is 4.98 Å². The second kappa shape index (κ2) is 5.46. The number of nitrogens with zero attached hydrogens (tertiary/aromatic N) is 1. The van der Waals surface area contributed by atoms with E-state index in [-0.39, 0.29) is 5.97 Å². The Bertz CT molecular complexity index is 338. The second-order valence-corrected chi connectivity index (χ2v) is 3.05. The van der Waals surface area contributed by atoms with Crippen molar-refractivity contribution < 1.29 is 14.3 Å². The first-order valence-corrected chi connectivity index (χ1v) is 4.81. The molecule has 1 aromatic rings. The first-order chi connectivity index (χ1) is 7.20. The highest BCUT2D eigenvalue weighted by molar-refractivity contribution is 5.76. The number of methoxy groups -OCH3 is 1. The first kappa shape index (κ1) is 11.7. The molecule has 0 amide bonds. The molecule has 0 aromatic carbocycles. The summed E-state index contributed by atoms with van der Waals surface area (Å²) >= 11 is 0. The van der Waals surface area contributed by atoms with E-state index < -0.39 is 6.10 Å². The molecule has 15 heavy (non-hydrogen) atoms. The third kappa shape index (κ3) is 2.76. The highest BCUT2D eigenvalue weighted by Crippen LogP contribution is 2.20. The maximum absolute atomic E-state index is 11.6. The molecule has 0 saturated heterocycles. The van der Waals surface area contributed by atoms with E-state index in [1.165, 1.54) is 7.11 Å². The SMILES string of the molecule is CCOC(=O)C(OC)c1cccnc1C. The molecule has 4 heteroatoms. The minimum atomic E-state index is -0.682. The van der Waals surface area contributed by atoms with Crippen molar-refractivity contribution in [1.29, 1.82) is 0 Å². The molecular weight excluding hydrogens is 194 g/mol. The Balaban J connectivity index is 2.92. The van der Waals surface area contributed by atoms with E-state index in [0.29, 0.717) is 6.61 Å². The number of esters is 1. The van der Waals surface area contributed by atoms with Crippen LogP contribution in [0.3, 0.4) is 0 Å². The number of hydrogen-bond donors (Lipinski definition) is 0. The smallest absolute Gasteiger partial charge is 0.339 e. The highest BCUT2D eigenvalue weighted by atomic mass is 16.6. The van der Waals surface area contributed by atoms with Crippen molar-refractivity contribution >= 4 is 5.97 Å².